The van der Waals surface area contributed by atoms with Gasteiger partial charge in [-0.05, 0) is 55.2 Å². The normalized spacial score (nSPS) is 12.2. The molecular weight excluding hydrogens is 267 g/mol. The van der Waals surface area contributed by atoms with E-state index in [9.17, 15) is 14.3 Å². The molecule has 0 spiro atoms. The summed E-state index contributed by atoms with van der Waals surface area (Å²) in [6, 6.07) is 11.1. The van der Waals surface area contributed by atoms with E-state index in [4.69, 9.17) is 0 Å². The zero-order valence-corrected chi connectivity index (χ0v) is 12.3. The van der Waals surface area contributed by atoms with Crippen LogP contribution in [-0.4, -0.2) is 17.0 Å². The van der Waals surface area contributed by atoms with Crippen molar-refractivity contribution in [1.82, 2.24) is 0 Å². The van der Waals surface area contributed by atoms with Gasteiger partial charge in [-0.25, -0.2) is 4.39 Å². The first-order chi connectivity index (χ1) is 10.0. The number of carbonyl (C=O) groups excluding carboxylic acids is 1. The largest absolute Gasteiger partial charge is 0.393 e. The highest BCUT2D eigenvalue weighted by molar-refractivity contribution is 6.09. The molecule has 2 aromatic rings. The Hall–Kier alpha value is -2.00. The maximum Gasteiger partial charge on any atom is 0.193 e. The number of carbonyl (C=O) groups is 1. The summed E-state index contributed by atoms with van der Waals surface area (Å²) in [5, 5.41) is 9.68. The van der Waals surface area contributed by atoms with Crippen LogP contribution in [0.1, 0.15) is 40.4 Å². The Labute approximate surface area is 124 Å². The second kappa shape index (κ2) is 6.64. The number of ketones is 1. The summed E-state index contributed by atoms with van der Waals surface area (Å²) in [7, 11) is 0. The predicted octanol–water partition coefficient (Wildman–Crippen LogP) is 3.68. The first-order valence-corrected chi connectivity index (χ1v) is 7.09. The Morgan fingerprint density at radius 2 is 1.86 bits per heavy atom. The molecular formula is C18H19FO2. The number of hydrogen-bond acceptors (Lipinski definition) is 2. The maximum absolute atomic E-state index is 12.9. The van der Waals surface area contributed by atoms with Gasteiger partial charge in [-0.15, -0.1) is 0 Å². The fraction of sp³-hybridized carbons (Fsp3) is 0.278. The Balaban J connectivity index is 2.24. The summed E-state index contributed by atoms with van der Waals surface area (Å²) in [4.78, 5) is 12.4. The molecule has 0 aliphatic heterocycles. The molecule has 0 aromatic heterocycles. The van der Waals surface area contributed by atoms with E-state index in [1.165, 1.54) is 24.3 Å². The Morgan fingerprint density at radius 1 is 1.19 bits per heavy atom. The number of hydrogen-bond donors (Lipinski definition) is 1. The molecule has 0 aliphatic rings. The van der Waals surface area contributed by atoms with Crippen molar-refractivity contribution >= 4 is 5.78 Å². The van der Waals surface area contributed by atoms with Crippen molar-refractivity contribution in [3.05, 3.63) is 70.5 Å². The maximum atomic E-state index is 12.9. The standard InChI is InChI=1S/C18H19FO2/c1-3-16(20)11-13-4-9-17(12(2)10-13)18(21)14-5-7-15(19)8-6-14/h4-10,16,20H,3,11H2,1-2H3. The summed E-state index contributed by atoms with van der Waals surface area (Å²) in [6.45, 7) is 3.81. The third-order valence-corrected chi connectivity index (χ3v) is 3.58. The van der Waals surface area contributed by atoms with E-state index in [0.29, 0.717) is 24.0 Å². The number of aliphatic hydroxyl groups is 1. The van der Waals surface area contributed by atoms with Crippen molar-refractivity contribution in [1.29, 1.82) is 0 Å². The minimum atomic E-state index is -0.358. The van der Waals surface area contributed by atoms with Crippen LogP contribution in [0.2, 0.25) is 0 Å². The number of halogens is 1. The molecule has 0 amide bonds. The lowest BCUT2D eigenvalue weighted by Crippen LogP contribution is -2.10. The van der Waals surface area contributed by atoms with Gasteiger partial charge in [0.2, 0.25) is 0 Å². The van der Waals surface area contributed by atoms with Crippen LogP contribution in [0.4, 0.5) is 4.39 Å². The van der Waals surface area contributed by atoms with Crippen molar-refractivity contribution in [3.8, 4) is 0 Å². The topological polar surface area (TPSA) is 37.3 Å². The van der Waals surface area contributed by atoms with E-state index < -0.39 is 0 Å². The van der Waals surface area contributed by atoms with Gasteiger partial charge >= 0.3 is 0 Å². The molecule has 21 heavy (non-hydrogen) atoms. The van der Waals surface area contributed by atoms with Gasteiger partial charge in [0.1, 0.15) is 5.82 Å². The number of aliphatic hydroxyl groups excluding tert-OH is 1. The van der Waals surface area contributed by atoms with E-state index in [0.717, 1.165) is 11.1 Å². The molecule has 1 atom stereocenters. The molecule has 1 N–H and O–H groups in total. The Bertz CT molecular complexity index is 632. The average Bonchev–Trinajstić information content (AvgIpc) is 2.47. The molecule has 0 saturated heterocycles. The molecule has 0 saturated carbocycles. The van der Waals surface area contributed by atoms with Crippen LogP contribution in [-0.2, 0) is 6.42 Å². The van der Waals surface area contributed by atoms with Crippen molar-refractivity contribution in [3.63, 3.8) is 0 Å². The molecule has 2 aromatic carbocycles. The highest BCUT2D eigenvalue weighted by atomic mass is 19.1. The summed E-state index contributed by atoms with van der Waals surface area (Å²) in [5.74, 6) is -0.470. The van der Waals surface area contributed by atoms with Crippen LogP contribution < -0.4 is 0 Å². The third-order valence-electron chi connectivity index (χ3n) is 3.58. The lowest BCUT2D eigenvalue weighted by molar-refractivity contribution is 0.103. The molecule has 0 heterocycles. The Kier molecular flexibility index (Phi) is 4.86. The van der Waals surface area contributed by atoms with E-state index in [2.05, 4.69) is 0 Å². The van der Waals surface area contributed by atoms with Gasteiger partial charge in [-0.3, -0.25) is 4.79 Å². The van der Waals surface area contributed by atoms with Crippen LogP contribution in [0.15, 0.2) is 42.5 Å². The molecule has 1 unspecified atom stereocenters. The zero-order chi connectivity index (χ0) is 15.4. The van der Waals surface area contributed by atoms with E-state index in [1.807, 2.05) is 26.0 Å². The van der Waals surface area contributed by atoms with E-state index in [1.54, 1.807) is 6.07 Å². The second-order valence-corrected chi connectivity index (χ2v) is 5.25. The predicted molar refractivity (Wildman–Crippen MR) is 81.0 cm³/mol. The van der Waals surface area contributed by atoms with Gasteiger partial charge < -0.3 is 5.11 Å². The third kappa shape index (κ3) is 3.76. The Morgan fingerprint density at radius 3 is 2.43 bits per heavy atom. The van der Waals surface area contributed by atoms with E-state index in [-0.39, 0.29) is 17.7 Å². The highest BCUT2D eigenvalue weighted by Crippen LogP contribution is 2.17. The van der Waals surface area contributed by atoms with Crippen LogP contribution in [0, 0.1) is 12.7 Å². The molecule has 0 fully saturated rings. The minimum absolute atomic E-state index is 0.116. The van der Waals surface area contributed by atoms with Gasteiger partial charge in [0, 0.05) is 11.1 Å². The van der Waals surface area contributed by atoms with Crippen LogP contribution in [0.25, 0.3) is 0 Å². The molecule has 2 rings (SSSR count). The summed E-state index contributed by atoms with van der Waals surface area (Å²) >= 11 is 0. The lowest BCUT2D eigenvalue weighted by atomic mass is 9.95. The van der Waals surface area contributed by atoms with Crippen LogP contribution in [0.3, 0.4) is 0 Å². The smallest absolute Gasteiger partial charge is 0.193 e. The molecule has 3 heteroatoms. The first kappa shape index (κ1) is 15.4. The molecule has 0 bridgehead atoms. The molecule has 110 valence electrons. The molecule has 0 radical (unpaired) electrons. The molecule has 0 aliphatic carbocycles. The fourth-order valence-electron chi connectivity index (χ4n) is 2.28. The highest BCUT2D eigenvalue weighted by Gasteiger charge is 2.13. The number of benzene rings is 2. The average molecular weight is 286 g/mol. The van der Waals surface area contributed by atoms with Gasteiger partial charge in [-0.1, -0.05) is 25.1 Å². The first-order valence-electron chi connectivity index (χ1n) is 7.09. The monoisotopic (exact) mass is 286 g/mol. The minimum Gasteiger partial charge on any atom is -0.393 e. The second-order valence-electron chi connectivity index (χ2n) is 5.25. The van der Waals surface area contributed by atoms with E-state index >= 15 is 0 Å². The molecule has 2 nitrogen and oxygen atoms in total. The van der Waals surface area contributed by atoms with Crippen LogP contribution >= 0.6 is 0 Å². The SMILES string of the molecule is CCC(O)Cc1ccc(C(=O)c2ccc(F)cc2)c(C)c1. The number of rotatable bonds is 5. The summed E-state index contributed by atoms with van der Waals surface area (Å²) in [6.07, 6.45) is 0.931. The number of aryl methyl sites for hydroxylation is 1. The van der Waals surface area contributed by atoms with Crippen molar-refractivity contribution in [2.75, 3.05) is 0 Å². The summed E-state index contributed by atoms with van der Waals surface area (Å²) < 4.78 is 12.9. The summed E-state index contributed by atoms with van der Waals surface area (Å²) in [5.41, 5.74) is 2.96. The fourth-order valence-corrected chi connectivity index (χ4v) is 2.28. The van der Waals surface area contributed by atoms with Crippen molar-refractivity contribution in [2.24, 2.45) is 0 Å². The lowest BCUT2D eigenvalue weighted by Gasteiger charge is -2.11. The van der Waals surface area contributed by atoms with Crippen molar-refractivity contribution < 1.29 is 14.3 Å². The van der Waals surface area contributed by atoms with Gasteiger partial charge in [-0.2, -0.15) is 0 Å². The van der Waals surface area contributed by atoms with Gasteiger partial charge in [0.05, 0.1) is 6.10 Å². The van der Waals surface area contributed by atoms with Crippen molar-refractivity contribution in [2.45, 2.75) is 32.8 Å². The van der Waals surface area contributed by atoms with Crippen LogP contribution in [0.5, 0.6) is 0 Å². The zero-order valence-electron chi connectivity index (χ0n) is 12.3. The van der Waals surface area contributed by atoms with Gasteiger partial charge in [0.25, 0.3) is 0 Å². The van der Waals surface area contributed by atoms with Gasteiger partial charge in [0.15, 0.2) is 5.78 Å². The quantitative estimate of drug-likeness (QED) is 0.851.